The van der Waals surface area contributed by atoms with Crippen molar-refractivity contribution in [2.24, 2.45) is 5.92 Å². The van der Waals surface area contributed by atoms with Gasteiger partial charge in [0.05, 0.1) is 32.8 Å². The number of Topliss-reactive ketones (excluding diaryl/α,β-unsaturated/α-hetero) is 1. The molecule has 0 spiro atoms. The highest BCUT2D eigenvalue weighted by Crippen LogP contribution is 2.38. The summed E-state index contributed by atoms with van der Waals surface area (Å²) in [6.45, 7) is 4.58. The molecule has 8 heteroatoms. The number of aryl methyl sites for hydroxylation is 1. The fourth-order valence-corrected chi connectivity index (χ4v) is 7.29. The first-order chi connectivity index (χ1) is 15.8. The van der Waals surface area contributed by atoms with Gasteiger partial charge in [0.25, 0.3) is 0 Å². The lowest BCUT2D eigenvalue weighted by Gasteiger charge is -2.27. The molecule has 0 unspecified atom stereocenters. The van der Waals surface area contributed by atoms with Crippen molar-refractivity contribution in [2.45, 2.75) is 52.1 Å². The molecule has 2 atom stereocenters. The normalized spacial score (nSPS) is 21.5. The second kappa shape index (κ2) is 8.72. The van der Waals surface area contributed by atoms with E-state index in [9.17, 15) is 13.2 Å². The van der Waals surface area contributed by atoms with Crippen LogP contribution in [0.15, 0.2) is 36.4 Å². The van der Waals surface area contributed by atoms with Crippen LogP contribution >= 0.6 is 11.3 Å². The average molecular weight is 485 g/mol. The Labute approximate surface area is 198 Å². The number of hydrogen-bond donors (Lipinski definition) is 0. The number of benzene rings is 2. The van der Waals surface area contributed by atoms with Crippen LogP contribution in [0.3, 0.4) is 0 Å². The summed E-state index contributed by atoms with van der Waals surface area (Å²) < 4.78 is 33.5. The zero-order valence-corrected chi connectivity index (χ0v) is 20.5. The first-order valence-corrected chi connectivity index (χ1v) is 13.9. The fourth-order valence-electron chi connectivity index (χ4n) is 4.87. The van der Waals surface area contributed by atoms with Gasteiger partial charge in [-0.15, -0.1) is 11.3 Å². The van der Waals surface area contributed by atoms with E-state index in [2.05, 4.69) is 18.0 Å². The van der Waals surface area contributed by atoms with Crippen LogP contribution in [-0.4, -0.2) is 37.6 Å². The smallest absolute Gasteiger partial charge is 0.235 e. The summed E-state index contributed by atoms with van der Waals surface area (Å²) in [6, 6.07) is 11.7. The molecule has 0 amide bonds. The number of carbonyl (C=O) groups is 1. The third-order valence-electron chi connectivity index (χ3n) is 6.65. The first kappa shape index (κ1) is 22.3. The Bertz CT molecular complexity index is 1300. The first-order valence-electron chi connectivity index (χ1n) is 11.5. The molecule has 1 saturated heterocycles. The Hall–Kier alpha value is -2.45. The molecular weight excluding hydrogens is 456 g/mol. The second-order valence-corrected chi connectivity index (χ2v) is 12.3. The summed E-state index contributed by atoms with van der Waals surface area (Å²) >= 11 is 1.61. The standard InChI is InChI=1S/C25H28N2O4S2/c1-16(19-5-3-6-22(28)13-19)31-24-15-20(14-23-25(24)32-17(2)26-23)18-7-9-21(10-8-18)27-11-4-12-33(27,29)30/h7-10,14-16,19H,3-6,11-13H2,1-2H3/t16-,19+/m1/s1. The van der Waals surface area contributed by atoms with Crippen molar-refractivity contribution in [2.75, 3.05) is 16.6 Å². The van der Waals surface area contributed by atoms with Crippen molar-refractivity contribution in [1.82, 2.24) is 4.98 Å². The number of sulfonamides is 1. The minimum atomic E-state index is -3.20. The zero-order chi connectivity index (χ0) is 23.2. The van der Waals surface area contributed by atoms with E-state index in [1.807, 2.05) is 37.3 Å². The fraction of sp³-hybridized carbons (Fsp3) is 0.440. The molecular formula is C25H28N2O4S2. The number of aromatic nitrogens is 1. The van der Waals surface area contributed by atoms with Crippen LogP contribution in [0.5, 0.6) is 5.75 Å². The molecule has 1 aliphatic carbocycles. The van der Waals surface area contributed by atoms with Gasteiger partial charge in [-0.25, -0.2) is 13.4 Å². The maximum Gasteiger partial charge on any atom is 0.235 e. The van der Waals surface area contributed by atoms with E-state index in [-0.39, 0.29) is 17.8 Å². The predicted molar refractivity (Wildman–Crippen MR) is 133 cm³/mol. The van der Waals surface area contributed by atoms with Gasteiger partial charge in [-0.3, -0.25) is 9.10 Å². The predicted octanol–water partition coefficient (Wildman–Crippen LogP) is 5.34. The zero-order valence-electron chi connectivity index (χ0n) is 18.9. The summed E-state index contributed by atoms with van der Waals surface area (Å²) in [5.41, 5.74) is 3.55. The number of fused-ring (bicyclic) bond motifs is 1. The summed E-state index contributed by atoms with van der Waals surface area (Å²) in [5.74, 6) is 1.57. The lowest BCUT2D eigenvalue weighted by Crippen LogP contribution is -2.29. The molecule has 5 rings (SSSR count). The maximum absolute atomic E-state index is 12.2. The molecule has 2 aliphatic rings. The van der Waals surface area contributed by atoms with Crippen LogP contribution in [0.4, 0.5) is 5.69 Å². The molecule has 174 valence electrons. The second-order valence-electron chi connectivity index (χ2n) is 9.06. The Morgan fingerprint density at radius 1 is 1.15 bits per heavy atom. The van der Waals surface area contributed by atoms with Gasteiger partial charge in [0.2, 0.25) is 10.0 Å². The van der Waals surface area contributed by atoms with Gasteiger partial charge >= 0.3 is 0 Å². The molecule has 0 bridgehead atoms. The van der Waals surface area contributed by atoms with Crippen molar-refractivity contribution in [3.8, 4) is 16.9 Å². The lowest BCUT2D eigenvalue weighted by atomic mass is 9.85. The van der Waals surface area contributed by atoms with Crippen LogP contribution in [-0.2, 0) is 14.8 Å². The van der Waals surface area contributed by atoms with Crippen LogP contribution < -0.4 is 9.04 Å². The topological polar surface area (TPSA) is 76.6 Å². The molecule has 0 N–H and O–H groups in total. The van der Waals surface area contributed by atoms with Gasteiger partial charge in [-0.2, -0.15) is 0 Å². The molecule has 1 aromatic heterocycles. The summed E-state index contributed by atoms with van der Waals surface area (Å²) in [7, 11) is -3.20. The Kier molecular flexibility index (Phi) is 5.91. The highest BCUT2D eigenvalue weighted by Gasteiger charge is 2.29. The number of ketones is 1. The van der Waals surface area contributed by atoms with Gasteiger partial charge < -0.3 is 4.74 Å². The number of thiazole rings is 1. The van der Waals surface area contributed by atoms with Crippen molar-refractivity contribution in [1.29, 1.82) is 0 Å². The van der Waals surface area contributed by atoms with Crippen LogP contribution in [0.2, 0.25) is 0 Å². The SMILES string of the molecule is Cc1nc2cc(-c3ccc(N4CCCS4(=O)=O)cc3)cc(O[C@H](C)[C@H]3CCCC(=O)C3)c2s1. The van der Waals surface area contributed by atoms with E-state index in [0.29, 0.717) is 37.3 Å². The Morgan fingerprint density at radius 3 is 2.64 bits per heavy atom. The van der Waals surface area contributed by atoms with E-state index < -0.39 is 10.0 Å². The molecule has 0 radical (unpaired) electrons. The largest absolute Gasteiger partial charge is 0.489 e. The number of rotatable bonds is 5. The van der Waals surface area contributed by atoms with E-state index in [0.717, 1.165) is 44.9 Å². The molecule has 2 heterocycles. The Balaban J connectivity index is 1.46. The molecule has 3 aromatic rings. The average Bonchev–Trinajstić information content (AvgIpc) is 3.34. The number of anilines is 1. The molecule has 6 nitrogen and oxygen atoms in total. The molecule has 2 fully saturated rings. The van der Waals surface area contributed by atoms with E-state index in [1.165, 1.54) is 4.31 Å². The third-order valence-corrected chi connectivity index (χ3v) is 9.52. The summed E-state index contributed by atoms with van der Waals surface area (Å²) in [5, 5.41) is 0.974. The van der Waals surface area contributed by atoms with Gasteiger partial charge in [-0.05, 0) is 68.5 Å². The minimum Gasteiger partial charge on any atom is -0.489 e. The quantitative estimate of drug-likeness (QED) is 0.489. The van der Waals surface area contributed by atoms with Gasteiger partial charge in [0.15, 0.2) is 0 Å². The lowest BCUT2D eigenvalue weighted by molar-refractivity contribution is -0.122. The maximum atomic E-state index is 12.2. The molecule has 33 heavy (non-hydrogen) atoms. The minimum absolute atomic E-state index is 0.0575. The van der Waals surface area contributed by atoms with E-state index in [1.54, 1.807) is 11.3 Å². The van der Waals surface area contributed by atoms with Crippen molar-refractivity contribution < 1.29 is 17.9 Å². The third kappa shape index (κ3) is 4.51. The number of hydrogen-bond acceptors (Lipinski definition) is 6. The van der Waals surface area contributed by atoms with Crippen molar-refractivity contribution in [3.63, 3.8) is 0 Å². The summed E-state index contributed by atoms with van der Waals surface area (Å²) in [6.07, 6.45) is 3.83. The van der Waals surface area contributed by atoms with Crippen LogP contribution in [0, 0.1) is 12.8 Å². The van der Waals surface area contributed by atoms with Crippen molar-refractivity contribution >= 4 is 43.0 Å². The molecule has 1 aliphatic heterocycles. The van der Waals surface area contributed by atoms with Crippen LogP contribution in [0.1, 0.15) is 44.0 Å². The van der Waals surface area contributed by atoms with Gasteiger partial charge in [-0.1, -0.05) is 12.1 Å². The van der Waals surface area contributed by atoms with Gasteiger partial charge in [0, 0.05) is 25.3 Å². The highest BCUT2D eigenvalue weighted by atomic mass is 32.2. The number of carbonyl (C=O) groups excluding carboxylic acids is 1. The number of ether oxygens (including phenoxy) is 1. The van der Waals surface area contributed by atoms with Gasteiger partial charge in [0.1, 0.15) is 11.5 Å². The highest BCUT2D eigenvalue weighted by molar-refractivity contribution is 7.93. The summed E-state index contributed by atoms with van der Waals surface area (Å²) in [4.78, 5) is 16.6. The van der Waals surface area contributed by atoms with E-state index >= 15 is 0 Å². The van der Waals surface area contributed by atoms with Crippen LogP contribution in [0.25, 0.3) is 21.3 Å². The number of nitrogens with zero attached hydrogens (tertiary/aromatic N) is 2. The molecule has 1 saturated carbocycles. The molecule has 2 aromatic carbocycles. The Morgan fingerprint density at radius 2 is 1.94 bits per heavy atom. The van der Waals surface area contributed by atoms with E-state index in [4.69, 9.17) is 4.74 Å². The monoisotopic (exact) mass is 484 g/mol. The van der Waals surface area contributed by atoms with Crippen molar-refractivity contribution in [3.05, 3.63) is 41.4 Å².